The van der Waals surface area contributed by atoms with Gasteiger partial charge in [0.15, 0.2) is 5.96 Å². The van der Waals surface area contributed by atoms with Crippen molar-refractivity contribution in [1.82, 2.24) is 20.2 Å². The Hall–Kier alpha value is -1.52. The van der Waals surface area contributed by atoms with Crippen LogP contribution in [0.4, 0.5) is 0 Å². The fraction of sp³-hybridized carbons (Fsp3) is 0.667. The van der Waals surface area contributed by atoms with Gasteiger partial charge >= 0.3 is 0 Å². The molecule has 0 fully saturated rings. The molecule has 0 spiro atoms. The average molecular weight is 237 g/mol. The van der Waals surface area contributed by atoms with E-state index in [0.717, 1.165) is 11.8 Å². The van der Waals surface area contributed by atoms with Crippen molar-refractivity contribution < 1.29 is 0 Å². The summed E-state index contributed by atoms with van der Waals surface area (Å²) in [6, 6.07) is 0.391. The zero-order valence-corrected chi connectivity index (χ0v) is 11.4. The van der Waals surface area contributed by atoms with Crippen LogP contribution in [-0.2, 0) is 13.6 Å². The number of nitrogens with zero attached hydrogens (tertiary/aromatic N) is 3. The minimum atomic E-state index is 0.391. The van der Waals surface area contributed by atoms with E-state index in [-0.39, 0.29) is 0 Å². The highest BCUT2D eigenvalue weighted by Gasteiger charge is 2.09. The first-order valence-electron chi connectivity index (χ1n) is 5.98. The van der Waals surface area contributed by atoms with E-state index < -0.39 is 0 Å². The van der Waals surface area contributed by atoms with E-state index >= 15 is 0 Å². The van der Waals surface area contributed by atoms with Gasteiger partial charge in [0.05, 0.1) is 6.54 Å². The van der Waals surface area contributed by atoms with Crippen LogP contribution in [0, 0.1) is 5.92 Å². The molecule has 1 atom stereocenters. The third kappa shape index (κ3) is 4.09. The van der Waals surface area contributed by atoms with Gasteiger partial charge in [-0.25, -0.2) is 4.98 Å². The Morgan fingerprint density at radius 2 is 2.18 bits per heavy atom. The summed E-state index contributed by atoms with van der Waals surface area (Å²) in [5.41, 5.74) is 0. The fourth-order valence-electron chi connectivity index (χ4n) is 1.31. The summed E-state index contributed by atoms with van der Waals surface area (Å²) >= 11 is 0. The molecule has 96 valence electrons. The first-order valence-corrected chi connectivity index (χ1v) is 5.98. The van der Waals surface area contributed by atoms with E-state index in [4.69, 9.17) is 0 Å². The van der Waals surface area contributed by atoms with Crippen molar-refractivity contribution in [2.24, 2.45) is 18.0 Å². The molecule has 1 heterocycles. The van der Waals surface area contributed by atoms with Crippen molar-refractivity contribution >= 4 is 5.96 Å². The van der Waals surface area contributed by atoms with E-state index in [9.17, 15) is 0 Å². The molecule has 1 aromatic heterocycles. The molecule has 0 amide bonds. The van der Waals surface area contributed by atoms with Gasteiger partial charge in [0.2, 0.25) is 0 Å². The third-order valence-corrected chi connectivity index (χ3v) is 2.92. The number of hydrogen-bond donors (Lipinski definition) is 2. The predicted molar refractivity (Wildman–Crippen MR) is 70.8 cm³/mol. The SMILES string of the molecule is CN=C(NCc1nccn1C)NC(C)C(C)C. The van der Waals surface area contributed by atoms with E-state index in [2.05, 4.69) is 41.4 Å². The molecule has 0 aliphatic heterocycles. The Balaban J connectivity index is 2.46. The molecule has 1 aromatic rings. The molecule has 0 aromatic carbocycles. The molecule has 17 heavy (non-hydrogen) atoms. The maximum atomic E-state index is 4.25. The Bertz CT molecular complexity index is 367. The lowest BCUT2D eigenvalue weighted by Crippen LogP contribution is -2.44. The zero-order chi connectivity index (χ0) is 12.8. The molecular formula is C12H23N5. The van der Waals surface area contributed by atoms with Crippen LogP contribution in [0.1, 0.15) is 26.6 Å². The standard InChI is InChI=1S/C12H23N5/c1-9(2)10(3)16-12(13-4)15-8-11-14-6-7-17(11)5/h6-7,9-10H,8H2,1-5H3,(H2,13,15,16). The smallest absolute Gasteiger partial charge is 0.191 e. The molecule has 0 radical (unpaired) electrons. The van der Waals surface area contributed by atoms with E-state index in [1.165, 1.54) is 0 Å². The number of aryl methyl sites for hydroxylation is 1. The summed E-state index contributed by atoms with van der Waals surface area (Å²) in [4.78, 5) is 8.45. The van der Waals surface area contributed by atoms with Crippen LogP contribution >= 0.6 is 0 Å². The summed E-state index contributed by atoms with van der Waals surface area (Å²) in [5, 5.41) is 6.60. The lowest BCUT2D eigenvalue weighted by atomic mass is 10.1. The minimum Gasteiger partial charge on any atom is -0.354 e. The quantitative estimate of drug-likeness (QED) is 0.609. The van der Waals surface area contributed by atoms with Gasteiger partial charge in [0.1, 0.15) is 5.82 Å². The lowest BCUT2D eigenvalue weighted by molar-refractivity contribution is 0.480. The summed E-state index contributed by atoms with van der Waals surface area (Å²) in [6.45, 7) is 7.19. The van der Waals surface area contributed by atoms with Gasteiger partial charge < -0.3 is 15.2 Å². The predicted octanol–water partition coefficient (Wildman–Crippen LogP) is 1.13. The normalized spacial score (nSPS) is 13.9. The van der Waals surface area contributed by atoms with Crippen LogP contribution in [0.15, 0.2) is 17.4 Å². The van der Waals surface area contributed by atoms with Crippen LogP contribution in [-0.4, -0.2) is 28.6 Å². The number of aromatic nitrogens is 2. The molecule has 5 nitrogen and oxygen atoms in total. The molecular weight excluding hydrogens is 214 g/mol. The number of aliphatic imine (C=N–C) groups is 1. The second-order valence-corrected chi connectivity index (χ2v) is 4.56. The second-order valence-electron chi connectivity index (χ2n) is 4.56. The van der Waals surface area contributed by atoms with E-state index in [1.54, 1.807) is 13.2 Å². The first-order chi connectivity index (χ1) is 8.04. The molecule has 0 aliphatic carbocycles. The maximum absolute atomic E-state index is 4.25. The number of guanidine groups is 1. The zero-order valence-electron chi connectivity index (χ0n) is 11.4. The monoisotopic (exact) mass is 237 g/mol. The Labute approximate surface area is 103 Å². The molecule has 0 saturated heterocycles. The van der Waals surface area contributed by atoms with Gasteiger partial charge in [0.25, 0.3) is 0 Å². The highest BCUT2D eigenvalue weighted by Crippen LogP contribution is 1.99. The number of imidazole rings is 1. The Morgan fingerprint density at radius 3 is 2.65 bits per heavy atom. The first kappa shape index (κ1) is 13.5. The van der Waals surface area contributed by atoms with Gasteiger partial charge in [-0.3, -0.25) is 4.99 Å². The fourth-order valence-corrected chi connectivity index (χ4v) is 1.31. The molecule has 1 rings (SSSR count). The van der Waals surface area contributed by atoms with Gasteiger partial charge in [0, 0.05) is 32.5 Å². The van der Waals surface area contributed by atoms with Crippen molar-refractivity contribution in [2.75, 3.05) is 7.05 Å². The Morgan fingerprint density at radius 1 is 1.47 bits per heavy atom. The molecule has 2 N–H and O–H groups in total. The van der Waals surface area contributed by atoms with E-state index in [1.807, 2.05) is 17.8 Å². The van der Waals surface area contributed by atoms with Gasteiger partial charge in [-0.1, -0.05) is 13.8 Å². The van der Waals surface area contributed by atoms with Crippen LogP contribution in [0.5, 0.6) is 0 Å². The highest BCUT2D eigenvalue weighted by atomic mass is 15.2. The summed E-state index contributed by atoms with van der Waals surface area (Å²) in [6.07, 6.45) is 3.73. The minimum absolute atomic E-state index is 0.391. The summed E-state index contributed by atoms with van der Waals surface area (Å²) in [5.74, 6) is 2.38. The van der Waals surface area contributed by atoms with Gasteiger partial charge in [-0.05, 0) is 12.8 Å². The largest absolute Gasteiger partial charge is 0.354 e. The lowest BCUT2D eigenvalue weighted by Gasteiger charge is -2.20. The van der Waals surface area contributed by atoms with Crippen molar-refractivity contribution in [3.05, 3.63) is 18.2 Å². The van der Waals surface area contributed by atoms with Crippen molar-refractivity contribution in [1.29, 1.82) is 0 Å². The van der Waals surface area contributed by atoms with Crippen LogP contribution in [0.2, 0.25) is 0 Å². The molecule has 0 saturated carbocycles. The average Bonchev–Trinajstić information content (AvgIpc) is 2.69. The van der Waals surface area contributed by atoms with Crippen molar-refractivity contribution in [3.8, 4) is 0 Å². The van der Waals surface area contributed by atoms with Crippen molar-refractivity contribution in [3.63, 3.8) is 0 Å². The topological polar surface area (TPSA) is 54.2 Å². The second kappa shape index (κ2) is 6.27. The van der Waals surface area contributed by atoms with Crippen LogP contribution in [0.3, 0.4) is 0 Å². The number of hydrogen-bond acceptors (Lipinski definition) is 2. The maximum Gasteiger partial charge on any atom is 0.191 e. The molecule has 5 heteroatoms. The van der Waals surface area contributed by atoms with Crippen molar-refractivity contribution in [2.45, 2.75) is 33.4 Å². The Kier molecular flexibility index (Phi) is 5.00. The summed E-state index contributed by atoms with van der Waals surface area (Å²) < 4.78 is 1.99. The number of rotatable bonds is 4. The van der Waals surface area contributed by atoms with Crippen LogP contribution in [0.25, 0.3) is 0 Å². The summed E-state index contributed by atoms with van der Waals surface area (Å²) in [7, 11) is 3.76. The molecule has 0 bridgehead atoms. The number of nitrogens with one attached hydrogen (secondary N) is 2. The van der Waals surface area contributed by atoms with Gasteiger partial charge in [-0.15, -0.1) is 0 Å². The van der Waals surface area contributed by atoms with Crippen LogP contribution < -0.4 is 10.6 Å². The van der Waals surface area contributed by atoms with Gasteiger partial charge in [-0.2, -0.15) is 0 Å². The molecule has 1 unspecified atom stereocenters. The highest BCUT2D eigenvalue weighted by molar-refractivity contribution is 5.79. The molecule has 0 aliphatic rings. The van der Waals surface area contributed by atoms with E-state index in [0.29, 0.717) is 18.5 Å². The third-order valence-electron chi connectivity index (χ3n) is 2.92.